The summed E-state index contributed by atoms with van der Waals surface area (Å²) in [4.78, 5) is 13.7. The van der Waals surface area contributed by atoms with Crippen molar-refractivity contribution in [3.8, 4) is 5.75 Å². The van der Waals surface area contributed by atoms with Crippen molar-refractivity contribution in [1.29, 1.82) is 0 Å². The van der Waals surface area contributed by atoms with Crippen LogP contribution in [0.4, 0.5) is 4.79 Å². The van der Waals surface area contributed by atoms with E-state index in [1.165, 1.54) is 0 Å². The molecule has 1 aliphatic heterocycles. The fraction of sp³-hybridized carbons (Fsp3) is 0.562. The molecular formula is C16H22BrNO4. The molecule has 122 valence electrons. The minimum Gasteiger partial charge on any atom is -0.491 e. The van der Waals surface area contributed by atoms with Gasteiger partial charge in [0.25, 0.3) is 0 Å². The van der Waals surface area contributed by atoms with Gasteiger partial charge in [0.2, 0.25) is 0 Å². The molecule has 1 aromatic rings. The summed E-state index contributed by atoms with van der Waals surface area (Å²) in [5.74, 6) is 0.771. The number of nitrogens with zero attached hydrogens (tertiary/aromatic N) is 1. The lowest BCUT2D eigenvalue weighted by molar-refractivity contribution is -0.0557. The number of amides is 1. The van der Waals surface area contributed by atoms with Crippen LogP contribution in [0.3, 0.4) is 0 Å². The van der Waals surface area contributed by atoms with Crippen molar-refractivity contribution >= 4 is 22.0 Å². The number of benzene rings is 1. The van der Waals surface area contributed by atoms with Crippen LogP contribution in [0.15, 0.2) is 28.7 Å². The van der Waals surface area contributed by atoms with Gasteiger partial charge in [-0.2, -0.15) is 0 Å². The second-order valence-electron chi connectivity index (χ2n) is 6.19. The zero-order chi connectivity index (χ0) is 16.2. The first-order valence-corrected chi connectivity index (χ1v) is 8.11. The van der Waals surface area contributed by atoms with Gasteiger partial charge in [-0.25, -0.2) is 4.79 Å². The summed E-state index contributed by atoms with van der Waals surface area (Å²) >= 11 is 3.40. The van der Waals surface area contributed by atoms with Gasteiger partial charge in [0.15, 0.2) is 0 Å². The van der Waals surface area contributed by atoms with Crippen molar-refractivity contribution in [3.05, 3.63) is 28.7 Å². The Bertz CT molecular complexity index is 515. The molecule has 5 nitrogen and oxygen atoms in total. The molecule has 22 heavy (non-hydrogen) atoms. The summed E-state index contributed by atoms with van der Waals surface area (Å²) in [6, 6.07) is 7.63. The lowest BCUT2D eigenvalue weighted by Crippen LogP contribution is -2.49. The Morgan fingerprint density at radius 3 is 2.91 bits per heavy atom. The smallest absolute Gasteiger partial charge is 0.410 e. The van der Waals surface area contributed by atoms with Crippen LogP contribution in [-0.2, 0) is 9.47 Å². The van der Waals surface area contributed by atoms with E-state index in [9.17, 15) is 4.79 Å². The van der Waals surface area contributed by atoms with Crippen LogP contribution in [0.2, 0.25) is 0 Å². The molecule has 1 unspecified atom stereocenters. The summed E-state index contributed by atoms with van der Waals surface area (Å²) in [7, 11) is 0. The van der Waals surface area contributed by atoms with E-state index >= 15 is 0 Å². The van der Waals surface area contributed by atoms with Gasteiger partial charge in [-0.05, 0) is 39.0 Å². The van der Waals surface area contributed by atoms with Crippen molar-refractivity contribution in [2.45, 2.75) is 32.5 Å². The normalized spacial score (nSPS) is 18.9. The molecule has 0 bridgehead atoms. The summed E-state index contributed by atoms with van der Waals surface area (Å²) in [6.07, 6.45) is -0.455. The standard InChI is InChI=1S/C16H22BrNO4/c1-16(2,3)22-15(19)18-7-8-20-14(10-18)11-21-13-6-4-5-12(17)9-13/h4-6,9,14H,7-8,10-11H2,1-3H3. The highest BCUT2D eigenvalue weighted by Gasteiger charge is 2.28. The van der Waals surface area contributed by atoms with Crippen LogP contribution >= 0.6 is 15.9 Å². The van der Waals surface area contributed by atoms with E-state index < -0.39 is 5.60 Å². The lowest BCUT2D eigenvalue weighted by atomic mass is 10.2. The first-order chi connectivity index (χ1) is 10.3. The molecule has 1 fully saturated rings. The molecule has 1 aliphatic rings. The Kier molecular flexibility index (Phi) is 5.69. The molecule has 1 heterocycles. The van der Waals surface area contributed by atoms with Crippen molar-refractivity contribution < 1.29 is 19.0 Å². The van der Waals surface area contributed by atoms with Gasteiger partial charge in [-0.3, -0.25) is 0 Å². The van der Waals surface area contributed by atoms with Gasteiger partial charge in [0.1, 0.15) is 24.1 Å². The maximum absolute atomic E-state index is 12.1. The van der Waals surface area contributed by atoms with Crippen molar-refractivity contribution in [2.24, 2.45) is 0 Å². The largest absolute Gasteiger partial charge is 0.491 e. The van der Waals surface area contributed by atoms with Gasteiger partial charge < -0.3 is 19.1 Å². The van der Waals surface area contributed by atoms with Gasteiger partial charge >= 0.3 is 6.09 Å². The van der Waals surface area contributed by atoms with E-state index in [1.807, 2.05) is 45.0 Å². The lowest BCUT2D eigenvalue weighted by Gasteiger charge is -2.34. The zero-order valence-corrected chi connectivity index (χ0v) is 14.8. The molecule has 0 N–H and O–H groups in total. The highest BCUT2D eigenvalue weighted by Crippen LogP contribution is 2.19. The SMILES string of the molecule is CC(C)(C)OC(=O)N1CCOC(COc2cccc(Br)c2)C1. The van der Waals surface area contributed by atoms with Gasteiger partial charge in [-0.15, -0.1) is 0 Å². The third-order valence-corrected chi connectivity index (χ3v) is 3.52. The molecular weight excluding hydrogens is 350 g/mol. The van der Waals surface area contributed by atoms with Crippen LogP contribution in [0.25, 0.3) is 0 Å². The Balaban J connectivity index is 1.84. The molecule has 1 amide bonds. The number of halogens is 1. The average molecular weight is 372 g/mol. The summed E-state index contributed by atoms with van der Waals surface area (Å²) in [5, 5.41) is 0. The Labute approximate surface area is 139 Å². The molecule has 0 radical (unpaired) electrons. The van der Waals surface area contributed by atoms with E-state index in [0.29, 0.717) is 26.3 Å². The zero-order valence-electron chi connectivity index (χ0n) is 13.2. The Hall–Kier alpha value is -1.27. The molecule has 1 saturated heterocycles. The van der Waals surface area contributed by atoms with Crippen molar-refractivity contribution in [2.75, 3.05) is 26.3 Å². The maximum atomic E-state index is 12.1. The quantitative estimate of drug-likeness (QED) is 0.815. The maximum Gasteiger partial charge on any atom is 0.410 e. The average Bonchev–Trinajstić information content (AvgIpc) is 2.44. The highest BCUT2D eigenvalue weighted by molar-refractivity contribution is 9.10. The van der Waals surface area contributed by atoms with Crippen LogP contribution in [0, 0.1) is 0 Å². The van der Waals surface area contributed by atoms with E-state index in [4.69, 9.17) is 14.2 Å². The summed E-state index contributed by atoms with van der Waals surface area (Å²) in [5.41, 5.74) is -0.488. The van der Waals surface area contributed by atoms with E-state index in [2.05, 4.69) is 15.9 Å². The number of rotatable bonds is 3. The third kappa shape index (κ3) is 5.50. The van der Waals surface area contributed by atoms with E-state index in [0.717, 1.165) is 10.2 Å². The predicted octanol–water partition coefficient (Wildman–Crippen LogP) is 3.46. The first-order valence-electron chi connectivity index (χ1n) is 7.31. The molecule has 0 aliphatic carbocycles. The minimum atomic E-state index is -0.488. The second-order valence-corrected chi connectivity index (χ2v) is 7.10. The summed E-state index contributed by atoms with van der Waals surface area (Å²) < 4.78 is 17.7. The van der Waals surface area contributed by atoms with Crippen LogP contribution in [0.1, 0.15) is 20.8 Å². The van der Waals surface area contributed by atoms with Crippen molar-refractivity contribution in [3.63, 3.8) is 0 Å². The third-order valence-electron chi connectivity index (χ3n) is 3.02. The number of carbonyl (C=O) groups is 1. The highest BCUT2D eigenvalue weighted by atomic mass is 79.9. The molecule has 2 rings (SSSR count). The fourth-order valence-electron chi connectivity index (χ4n) is 2.06. The van der Waals surface area contributed by atoms with Crippen LogP contribution in [0.5, 0.6) is 5.75 Å². The number of hydrogen-bond acceptors (Lipinski definition) is 4. The molecule has 0 saturated carbocycles. The Morgan fingerprint density at radius 2 is 2.23 bits per heavy atom. The molecule has 1 atom stereocenters. The van der Waals surface area contributed by atoms with Gasteiger partial charge in [-0.1, -0.05) is 22.0 Å². The van der Waals surface area contributed by atoms with Gasteiger partial charge in [0, 0.05) is 11.0 Å². The number of carbonyl (C=O) groups excluding carboxylic acids is 1. The predicted molar refractivity (Wildman–Crippen MR) is 87.2 cm³/mol. The number of ether oxygens (including phenoxy) is 3. The molecule has 1 aromatic carbocycles. The fourth-order valence-corrected chi connectivity index (χ4v) is 2.44. The van der Waals surface area contributed by atoms with E-state index in [-0.39, 0.29) is 12.2 Å². The second kappa shape index (κ2) is 7.33. The first kappa shape index (κ1) is 17.1. The van der Waals surface area contributed by atoms with E-state index in [1.54, 1.807) is 4.90 Å². The molecule has 0 spiro atoms. The van der Waals surface area contributed by atoms with Crippen molar-refractivity contribution in [1.82, 2.24) is 4.90 Å². The topological polar surface area (TPSA) is 48.0 Å². The molecule has 6 heteroatoms. The number of morpholine rings is 1. The van der Waals surface area contributed by atoms with Crippen LogP contribution in [-0.4, -0.2) is 49.0 Å². The molecule has 0 aromatic heterocycles. The van der Waals surface area contributed by atoms with Gasteiger partial charge in [0.05, 0.1) is 13.2 Å². The number of hydrogen-bond donors (Lipinski definition) is 0. The van der Waals surface area contributed by atoms with Crippen LogP contribution < -0.4 is 4.74 Å². The summed E-state index contributed by atoms with van der Waals surface area (Å²) in [6.45, 7) is 7.49. The minimum absolute atomic E-state index is 0.153. The Morgan fingerprint density at radius 1 is 1.45 bits per heavy atom. The monoisotopic (exact) mass is 371 g/mol.